The van der Waals surface area contributed by atoms with Crippen LogP contribution in [0.2, 0.25) is 5.02 Å². The van der Waals surface area contributed by atoms with Crippen LogP contribution in [-0.2, 0) is 19.6 Å². The first-order valence-corrected chi connectivity index (χ1v) is 10.7. The molecule has 0 aliphatic heterocycles. The van der Waals surface area contributed by atoms with Gasteiger partial charge in [-0.2, -0.15) is 0 Å². The topological polar surface area (TPSA) is 39.7 Å². The van der Waals surface area contributed by atoms with Gasteiger partial charge in [-0.25, -0.2) is 0 Å². The third kappa shape index (κ3) is 6.19. The minimum absolute atomic E-state index is 0.368. The molecule has 0 amide bonds. The number of allylic oxidation sites excluding steroid dienone is 1. The number of ether oxygens (including phenoxy) is 3. The van der Waals surface area contributed by atoms with Crippen LogP contribution in [0, 0.1) is 0 Å². The largest absolute Gasteiger partial charge is 0.497 e. The van der Waals surface area contributed by atoms with Gasteiger partial charge in [0.15, 0.2) is 11.5 Å². The first-order chi connectivity index (χ1) is 15.1. The van der Waals surface area contributed by atoms with Gasteiger partial charge in [0.05, 0.1) is 13.7 Å². The maximum absolute atomic E-state index is 6.29. The lowest BCUT2D eigenvalue weighted by atomic mass is 10.0. The van der Waals surface area contributed by atoms with Crippen molar-refractivity contribution >= 4 is 17.3 Å². The Morgan fingerprint density at radius 1 is 1.00 bits per heavy atom. The van der Waals surface area contributed by atoms with Gasteiger partial charge in [0.25, 0.3) is 0 Å². The summed E-state index contributed by atoms with van der Waals surface area (Å²) in [5.74, 6) is 2.28. The van der Waals surface area contributed by atoms with E-state index >= 15 is 0 Å². The maximum atomic E-state index is 6.29. The Morgan fingerprint density at radius 3 is 2.45 bits per heavy atom. The Kier molecular flexibility index (Phi) is 8.25. The lowest BCUT2D eigenvalue weighted by Gasteiger charge is -2.18. The van der Waals surface area contributed by atoms with Crippen molar-refractivity contribution in [3.8, 4) is 17.2 Å². The number of benzene rings is 3. The van der Waals surface area contributed by atoms with E-state index in [0.717, 1.165) is 39.6 Å². The molecular weight excluding hydrogens is 410 g/mol. The second-order valence-electron chi connectivity index (χ2n) is 6.97. The Hall–Kier alpha value is -3.11. The predicted molar refractivity (Wildman–Crippen MR) is 128 cm³/mol. The summed E-state index contributed by atoms with van der Waals surface area (Å²) in [6, 6.07) is 19.7. The molecule has 0 aliphatic carbocycles. The fraction of sp³-hybridized carbons (Fsp3) is 0.231. The summed E-state index contributed by atoms with van der Waals surface area (Å²) in [7, 11) is 1.66. The smallest absolute Gasteiger partial charge is 0.165 e. The Bertz CT molecular complexity index is 1000. The highest BCUT2D eigenvalue weighted by molar-refractivity contribution is 6.31. The van der Waals surface area contributed by atoms with E-state index in [1.165, 1.54) is 0 Å². The van der Waals surface area contributed by atoms with Crippen LogP contribution in [0.15, 0.2) is 73.3 Å². The Labute approximate surface area is 189 Å². The number of hydrogen-bond acceptors (Lipinski definition) is 4. The normalized spacial score (nSPS) is 10.4. The van der Waals surface area contributed by atoms with Gasteiger partial charge in [-0.1, -0.05) is 35.9 Å². The predicted octanol–water partition coefficient (Wildman–Crippen LogP) is 6.67. The average molecular weight is 438 g/mol. The van der Waals surface area contributed by atoms with Crippen molar-refractivity contribution in [3.63, 3.8) is 0 Å². The molecule has 0 fully saturated rings. The van der Waals surface area contributed by atoms with E-state index in [-0.39, 0.29) is 0 Å². The fourth-order valence-electron chi connectivity index (χ4n) is 3.24. The van der Waals surface area contributed by atoms with Crippen LogP contribution in [0.1, 0.15) is 23.6 Å². The Morgan fingerprint density at radius 2 is 1.77 bits per heavy atom. The van der Waals surface area contributed by atoms with Crippen LogP contribution in [0.5, 0.6) is 17.2 Å². The SMILES string of the molecule is C=CCc1cc(CNc2ccc(OC)cc2)cc(OCC)c1OCc1ccccc1Cl. The van der Waals surface area contributed by atoms with Gasteiger partial charge in [-0.15, -0.1) is 6.58 Å². The van der Waals surface area contributed by atoms with Gasteiger partial charge in [-0.3, -0.25) is 0 Å². The molecule has 5 heteroatoms. The molecule has 0 radical (unpaired) electrons. The van der Waals surface area contributed by atoms with Crippen LogP contribution in [0.25, 0.3) is 0 Å². The summed E-state index contributed by atoms with van der Waals surface area (Å²) in [4.78, 5) is 0. The van der Waals surface area contributed by atoms with Crippen LogP contribution < -0.4 is 19.5 Å². The van der Waals surface area contributed by atoms with Crippen molar-refractivity contribution in [3.05, 3.63) is 95.0 Å². The summed E-state index contributed by atoms with van der Waals surface area (Å²) in [5, 5.41) is 4.13. The second-order valence-corrected chi connectivity index (χ2v) is 7.38. The van der Waals surface area contributed by atoms with Crippen LogP contribution in [0.3, 0.4) is 0 Å². The van der Waals surface area contributed by atoms with Crippen LogP contribution in [-0.4, -0.2) is 13.7 Å². The number of methoxy groups -OCH3 is 1. The van der Waals surface area contributed by atoms with Crippen molar-refractivity contribution in [2.75, 3.05) is 19.0 Å². The standard InChI is InChI=1S/C26H28ClNO3/c1-4-8-20-15-19(17-28-22-11-13-23(29-3)14-12-22)16-25(30-5-2)26(20)31-18-21-9-6-7-10-24(21)27/h4,6-7,9-16,28H,1,5,8,17-18H2,2-3H3. The molecule has 0 bridgehead atoms. The molecule has 31 heavy (non-hydrogen) atoms. The van der Waals surface area contributed by atoms with Gasteiger partial charge in [0.1, 0.15) is 12.4 Å². The van der Waals surface area contributed by atoms with E-state index in [1.54, 1.807) is 7.11 Å². The first-order valence-electron chi connectivity index (χ1n) is 10.3. The second kappa shape index (κ2) is 11.3. The summed E-state index contributed by atoms with van der Waals surface area (Å²) >= 11 is 6.29. The zero-order valence-electron chi connectivity index (χ0n) is 18.0. The van der Waals surface area contributed by atoms with E-state index in [2.05, 4.69) is 18.0 Å². The van der Waals surface area contributed by atoms with Crippen molar-refractivity contribution in [1.82, 2.24) is 0 Å². The van der Waals surface area contributed by atoms with Gasteiger partial charge in [0, 0.05) is 28.4 Å². The minimum atomic E-state index is 0.368. The molecule has 3 aromatic rings. The van der Waals surface area contributed by atoms with Crippen molar-refractivity contribution in [2.45, 2.75) is 26.5 Å². The molecule has 1 N–H and O–H groups in total. The summed E-state index contributed by atoms with van der Waals surface area (Å²) in [6.07, 6.45) is 2.54. The number of rotatable bonds is 11. The lowest BCUT2D eigenvalue weighted by molar-refractivity contribution is 0.267. The first kappa shape index (κ1) is 22.6. The number of anilines is 1. The summed E-state index contributed by atoms with van der Waals surface area (Å²) in [6.45, 7) is 7.43. The van der Waals surface area contributed by atoms with E-state index in [1.807, 2.05) is 67.6 Å². The lowest BCUT2D eigenvalue weighted by Crippen LogP contribution is -2.06. The van der Waals surface area contributed by atoms with E-state index in [0.29, 0.717) is 31.2 Å². The molecule has 0 aromatic heterocycles. The van der Waals surface area contributed by atoms with Gasteiger partial charge >= 0.3 is 0 Å². The number of hydrogen-bond donors (Lipinski definition) is 1. The number of nitrogens with one attached hydrogen (secondary N) is 1. The maximum Gasteiger partial charge on any atom is 0.165 e. The highest BCUT2D eigenvalue weighted by atomic mass is 35.5. The van der Waals surface area contributed by atoms with Crippen molar-refractivity contribution in [1.29, 1.82) is 0 Å². The zero-order chi connectivity index (χ0) is 22.1. The zero-order valence-corrected chi connectivity index (χ0v) is 18.7. The van der Waals surface area contributed by atoms with Crippen molar-refractivity contribution < 1.29 is 14.2 Å². The third-order valence-electron chi connectivity index (χ3n) is 4.77. The fourth-order valence-corrected chi connectivity index (χ4v) is 3.43. The average Bonchev–Trinajstić information content (AvgIpc) is 2.79. The molecule has 0 saturated heterocycles. The molecule has 0 heterocycles. The molecule has 0 atom stereocenters. The van der Waals surface area contributed by atoms with Crippen LogP contribution in [0.4, 0.5) is 5.69 Å². The minimum Gasteiger partial charge on any atom is -0.497 e. The van der Waals surface area contributed by atoms with E-state index in [9.17, 15) is 0 Å². The van der Waals surface area contributed by atoms with Gasteiger partial charge in [-0.05, 0) is 61.4 Å². The molecular formula is C26H28ClNO3. The molecule has 0 aliphatic rings. The molecule has 162 valence electrons. The summed E-state index contributed by atoms with van der Waals surface area (Å²) in [5.41, 5.74) is 4.07. The molecule has 3 rings (SSSR count). The highest BCUT2D eigenvalue weighted by Gasteiger charge is 2.14. The Balaban J connectivity index is 1.82. The van der Waals surface area contributed by atoms with Crippen molar-refractivity contribution in [2.24, 2.45) is 0 Å². The molecule has 4 nitrogen and oxygen atoms in total. The van der Waals surface area contributed by atoms with Gasteiger partial charge < -0.3 is 19.5 Å². The molecule has 0 saturated carbocycles. The molecule has 3 aromatic carbocycles. The quantitative estimate of drug-likeness (QED) is 0.340. The third-order valence-corrected chi connectivity index (χ3v) is 5.14. The molecule has 0 spiro atoms. The monoisotopic (exact) mass is 437 g/mol. The van der Waals surface area contributed by atoms with Crippen LogP contribution >= 0.6 is 11.6 Å². The van der Waals surface area contributed by atoms with Gasteiger partial charge in [0.2, 0.25) is 0 Å². The van der Waals surface area contributed by atoms with E-state index in [4.69, 9.17) is 25.8 Å². The summed E-state index contributed by atoms with van der Waals surface area (Å²) < 4.78 is 17.3. The number of halogens is 1. The van der Waals surface area contributed by atoms with E-state index < -0.39 is 0 Å². The highest BCUT2D eigenvalue weighted by Crippen LogP contribution is 2.35. The molecule has 0 unspecified atom stereocenters.